The normalized spacial score (nSPS) is 35.2. The van der Waals surface area contributed by atoms with Crippen molar-refractivity contribution in [1.29, 1.82) is 0 Å². The fraction of sp³-hybridized carbons (Fsp3) is 0.500. The summed E-state index contributed by atoms with van der Waals surface area (Å²) in [6, 6.07) is 0. The van der Waals surface area contributed by atoms with E-state index in [0.29, 0.717) is 5.57 Å². The topological polar surface area (TPSA) is 76.0 Å². The number of carbonyl (C=O) groups excluding carboxylic acids is 1. The number of fused-ring (bicyclic) bond motifs is 1. The molecular formula is C10H12O5. The molecule has 0 amide bonds. The molecule has 1 saturated heterocycles. The molecule has 0 aromatic rings. The molecule has 1 fully saturated rings. The number of esters is 1. The monoisotopic (exact) mass is 212 g/mol. The smallest absolute Gasteiger partial charge is 0.336 e. The largest absolute Gasteiger partial charge is 0.459 e. The molecule has 0 aromatic carbocycles. The van der Waals surface area contributed by atoms with E-state index in [1.165, 1.54) is 12.2 Å². The molecule has 0 saturated carbocycles. The van der Waals surface area contributed by atoms with Crippen LogP contribution in [0.4, 0.5) is 0 Å². The zero-order valence-electron chi connectivity index (χ0n) is 8.00. The predicted octanol–water partition coefficient (Wildman–Crippen LogP) is -0.854. The Hall–Kier alpha value is -1.17. The molecule has 2 rings (SSSR count). The number of rotatable bonds is 2. The van der Waals surface area contributed by atoms with Crippen LogP contribution in [0.3, 0.4) is 0 Å². The molecule has 0 aromatic heterocycles. The number of cyclic esters (lactones) is 1. The molecule has 15 heavy (non-hydrogen) atoms. The van der Waals surface area contributed by atoms with Gasteiger partial charge in [0.05, 0.1) is 12.2 Å². The average Bonchev–Trinajstić information content (AvgIpc) is 2.57. The minimum atomic E-state index is -0.871. The summed E-state index contributed by atoms with van der Waals surface area (Å²) in [7, 11) is 0. The van der Waals surface area contributed by atoms with E-state index in [-0.39, 0.29) is 13.2 Å². The van der Waals surface area contributed by atoms with Crippen LogP contribution in [0.2, 0.25) is 0 Å². The van der Waals surface area contributed by atoms with Crippen molar-refractivity contribution in [1.82, 2.24) is 0 Å². The van der Waals surface area contributed by atoms with Crippen LogP contribution in [-0.4, -0.2) is 47.7 Å². The molecule has 2 aliphatic heterocycles. The quantitative estimate of drug-likeness (QED) is 0.460. The van der Waals surface area contributed by atoms with Gasteiger partial charge in [-0.25, -0.2) is 4.79 Å². The van der Waals surface area contributed by atoms with Gasteiger partial charge in [-0.15, -0.1) is 0 Å². The van der Waals surface area contributed by atoms with E-state index in [0.717, 1.165) is 0 Å². The first kappa shape index (κ1) is 10.4. The summed E-state index contributed by atoms with van der Waals surface area (Å²) in [5.74, 6) is -0.427. The summed E-state index contributed by atoms with van der Waals surface area (Å²) in [4.78, 5) is 11.1. The van der Waals surface area contributed by atoms with Gasteiger partial charge in [0.2, 0.25) is 0 Å². The fourth-order valence-electron chi connectivity index (χ4n) is 1.65. The third-order valence-corrected chi connectivity index (χ3v) is 2.39. The average molecular weight is 212 g/mol. The highest BCUT2D eigenvalue weighted by molar-refractivity contribution is 5.92. The van der Waals surface area contributed by atoms with Crippen LogP contribution in [0.15, 0.2) is 23.8 Å². The lowest BCUT2D eigenvalue weighted by Crippen LogP contribution is -2.36. The Labute approximate surface area is 86.6 Å². The molecule has 82 valence electrons. The van der Waals surface area contributed by atoms with Gasteiger partial charge in [-0.2, -0.15) is 0 Å². The number of aliphatic hydroxyl groups is 2. The van der Waals surface area contributed by atoms with Crippen LogP contribution >= 0.6 is 0 Å². The van der Waals surface area contributed by atoms with Gasteiger partial charge in [0, 0.05) is 0 Å². The first-order valence-electron chi connectivity index (χ1n) is 4.72. The summed E-state index contributed by atoms with van der Waals surface area (Å²) in [6.45, 7) is 0.0874. The molecule has 0 spiro atoms. The second kappa shape index (κ2) is 4.14. The number of carbonyl (C=O) groups is 1. The van der Waals surface area contributed by atoms with E-state index in [1.807, 2.05) is 0 Å². The SMILES string of the molecule is O=C1OCC2OC(/C=C/CO)C(O)C=C12. The maximum atomic E-state index is 11.1. The Morgan fingerprint density at radius 1 is 1.60 bits per heavy atom. The lowest BCUT2D eigenvalue weighted by molar-refractivity contribution is -0.135. The standard InChI is InChI=1S/C10H12O5/c11-3-1-2-8-7(12)4-6-9(15-8)5-14-10(6)13/h1-2,4,7-9,11-12H,3,5H2/b2-1+. The molecule has 5 nitrogen and oxygen atoms in total. The molecular weight excluding hydrogens is 200 g/mol. The van der Waals surface area contributed by atoms with Crippen molar-refractivity contribution < 1.29 is 24.5 Å². The van der Waals surface area contributed by atoms with Crippen LogP contribution in [0.1, 0.15) is 0 Å². The zero-order chi connectivity index (χ0) is 10.8. The number of ether oxygens (including phenoxy) is 2. The van der Waals surface area contributed by atoms with Crippen molar-refractivity contribution in [2.75, 3.05) is 13.2 Å². The summed E-state index contributed by atoms with van der Waals surface area (Å²) in [5, 5.41) is 18.2. The Bertz CT molecular complexity index is 320. The molecule has 5 heteroatoms. The van der Waals surface area contributed by atoms with Gasteiger partial charge < -0.3 is 19.7 Å². The van der Waals surface area contributed by atoms with Crippen LogP contribution in [-0.2, 0) is 14.3 Å². The van der Waals surface area contributed by atoms with E-state index in [1.54, 1.807) is 6.08 Å². The highest BCUT2D eigenvalue weighted by Crippen LogP contribution is 2.26. The zero-order valence-corrected chi connectivity index (χ0v) is 8.00. The number of hydrogen-bond acceptors (Lipinski definition) is 5. The minimum Gasteiger partial charge on any atom is -0.459 e. The highest BCUT2D eigenvalue weighted by Gasteiger charge is 2.38. The molecule has 0 bridgehead atoms. The summed E-state index contributed by atoms with van der Waals surface area (Å²) >= 11 is 0. The third kappa shape index (κ3) is 1.94. The van der Waals surface area contributed by atoms with E-state index in [9.17, 15) is 9.90 Å². The second-order valence-corrected chi connectivity index (χ2v) is 3.41. The van der Waals surface area contributed by atoms with Gasteiger partial charge in [-0.1, -0.05) is 12.2 Å². The van der Waals surface area contributed by atoms with Gasteiger partial charge in [0.25, 0.3) is 0 Å². The molecule has 3 atom stereocenters. The highest BCUT2D eigenvalue weighted by atomic mass is 16.6. The first-order valence-corrected chi connectivity index (χ1v) is 4.72. The van der Waals surface area contributed by atoms with Crippen molar-refractivity contribution in [2.24, 2.45) is 0 Å². The van der Waals surface area contributed by atoms with Crippen LogP contribution < -0.4 is 0 Å². The van der Waals surface area contributed by atoms with Gasteiger partial charge in [0.15, 0.2) is 0 Å². The second-order valence-electron chi connectivity index (χ2n) is 3.41. The molecule has 3 unspecified atom stereocenters. The maximum Gasteiger partial charge on any atom is 0.336 e. The third-order valence-electron chi connectivity index (χ3n) is 2.39. The van der Waals surface area contributed by atoms with Gasteiger partial charge in [0.1, 0.15) is 24.9 Å². The van der Waals surface area contributed by atoms with Crippen molar-refractivity contribution in [2.45, 2.75) is 18.3 Å². The van der Waals surface area contributed by atoms with Crippen LogP contribution in [0, 0.1) is 0 Å². The Kier molecular flexibility index (Phi) is 2.86. The number of hydrogen-bond donors (Lipinski definition) is 2. The van der Waals surface area contributed by atoms with Crippen LogP contribution in [0.5, 0.6) is 0 Å². The minimum absolute atomic E-state index is 0.108. The van der Waals surface area contributed by atoms with Crippen LogP contribution in [0.25, 0.3) is 0 Å². The Morgan fingerprint density at radius 3 is 3.13 bits per heavy atom. The van der Waals surface area contributed by atoms with E-state index >= 15 is 0 Å². The van der Waals surface area contributed by atoms with Crippen molar-refractivity contribution in [3.63, 3.8) is 0 Å². The number of aliphatic hydroxyl groups excluding tert-OH is 2. The molecule has 0 radical (unpaired) electrons. The molecule has 2 heterocycles. The fourth-order valence-corrected chi connectivity index (χ4v) is 1.65. The predicted molar refractivity (Wildman–Crippen MR) is 49.9 cm³/mol. The van der Waals surface area contributed by atoms with Gasteiger partial charge >= 0.3 is 5.97 Å². The van der Waals surface area contributed by atoms with E-state index in [2.05, 4.69) is 0 Å². The molecule has 0 aliphatic carbocycles. The summed E-state index contributed by atoms with van der Waals surface area (Å²) in [5.41, 5.74) is 0.385. The van der Waals surface area contributed by atoms with E-state index < -0.39 is 24.3 Å². The van der Waals surface area contributed by atoms with Crippen molar-refractivity contribution in [3.05, 3.63) is 23.8 Å². The van der Waals surface area contributed by atoms with Gasteiger partial charge in [-0.3, -0.25) is 0 Å². The summed E-state index contributed by atoms with van der Waals surface area (Å²) in [6.07, 6.45) is 2.72. The maximum absolute atomic E-state index is 11.1. The molecule has 2 aliphatic rings. The lowest BCUT2D eigenvalue weighted by Gasteiger charge is -2.26. The van der Waals surface area contributed by atoms with Crippen molar-refractivity contribution >= 4 is 5.97 Å². The van der Waals surface area contributed by atoms with Gasteiger partial charge in [-0.05, 0) is 6.08 Å². The molecule has 2 N–H and O–H groups in total. The lowest BCUT2D eigenvalue weighted by atomic mass is 10.0. The first-order chi connectivity index (χ1) is 7.22. The van der Waals surface area contributed by atoms with Crippen molar-refractivity contribution in [3.8, 4) is 0 Å². The summed E-state index contributed by atoms with van der Waals surface area (Å²) < 4.78 is 10.2. The Balaban J connectivity index is 2.14. The Morgan fingerprint density at radius 2 is 2.40 bits per heavy atom. The van der Waals surface area contributed by atoms with E-state index in [4.69, 9.17) is 14.6 Å².